The summed E-state index contributed by atoms with van der Waals surface area (Å²) in [4.78, 5) is 2.14. The molecule has 19 heavy (non-hydrogen) atoms. The Kier molecular flexibility index (Phi) is 5.28. The molecule has 0 amide bonds. The number of piperidine rings is 1. The molecule has 0 aliphatic carbocycles. The van der Waals surface area contributed by atoms with E-state index in [1.165, 1.54) is 25.3 Å². The number of nitrogens with zero attached hydrogens (tertiary/aromatic N) is 1. The Morgan fingerprint density at radius 3 is 2.58 bits per heavy atom. The average Bonchev–Trinajstić information content (AvgIpc) is 2.39. The SMILES string of the molecule is FC(F)(F)C1=CCN(CCCC2CCNCC2)CC1. The van der Waals surface area contributed by atoms with Crippen LogP contribution in [0, 0.1) is 5.92 Å². The lowest BCUT2D eigenvalue weighted by Gasteiger charge is -2.28. The fourth-order valence-corrected chi connectivity index (χ4v) is 2.95. The van der Waals surface area contributed by atoms with Crippen LogP contribution in [0.3, 0.4) is 0 Å². The Balaban J connectivity index is 1.64. The summed E-state index contributed by atoms with van der Waals surface area (Å²) in [6.45, 7) is 4.18. The van der Waals surface area contributed by atoms with Crippen LogP contribution in [0.2, 0.25) is 0 Å². The Morgan fingerprint density at radius 2 is 2.00 bits per heavy atom. The predicted octanol–water partition coefficient (Wildman–Crippen LogP) is 2.96. The number of rotatable bonds is 4. The van der Waals surface area contributed by atoms with Gasteiger partial charge in [-0.05, 0) is 57.7 Å². The van der Waals surface area contributed by atoms with Crippen molar-refractivity contribution in [3.63, 3.8) is 0 Å². The van der Waals surface area contributed by atoms with Crippen LogP contribution < -0.4 is 5.32 Å². The van der Waals surface area contributed by atoms with Crippen molar-refractivity contribution < 1.29 is 13.2 Å². The quantitative estimate of drug-likeness (QED) is 0.794. The molecule has 2 rings (SSSR count). The van der Waals surface area contributed by atoms with Crippen LogP contribution in [-0.2, 0) is 0 Å². The first-order valence-corrected chi connectivity index (χ1v) is 7.25. The largest absolute Gasteiger partial charge is 0.412 e. The van der Waals surface area contributed by atoms with Crippen molar-refractivity contribution in [3.8, 4) is 0 Å². The highest BCUT2D eigenvalue weighted by molar-refractivity contribution is 5.12. The number of halogens is 3. The van der Waals surface area contributed by atoms with E-state index < -0.39 is 6.18 Å². The van der Waals surface area contributed by atoms with Gasteiger partial charge in [-0.25, -0.2) is 0 Å². The molecule has 0 spiro atoms. The van der Waals surface area contributed by atoms with Crippen molar-refractivity contribution in [2.24, 2.45) is 5.92 Å². The molecular formula is C14H23F3N2. The molecule has 2 aliphatic heterocycles. The third-order valence-electron chi connectivity index (χ3n) is 4.20. The fraction of sp³-hybridized carbons (Fsp3) is 0.857. The minimum absolute atomic E-state index is 0.150. The summed E-state index contributed by atoms with van der Waals surface area (Å²) in [6.07, 6.45) is 2.20. The molecule has 1 saturated heterocycles. The molecule has 1 N–H and O–H groups in total. The summed E-state index contributed by atoms with van der Waals surface area (Å²) in [6, 6.07) is 0. The Bertz CT molecular complexity index is 306. The third-order valence-corrected chi connectivity index (χ3v) is 4.20. The van der Waals surface area contributed by atoms with Gasteiger partial charge >= 0.3 is 6.18 Å². The highest BCUT2D eigenvalue weighted by atomic mass is 19.4. The Hall–Kier alpha value is -0.550. The van der Waals surface area contributed by atoms with Crippen molar-refractivity contribution in [1.29, 1.82) is 0 Å². The number of hydrogen-bond donors (Lipinski definition) is 1. The summed E-state index contributed by atoms with van der Waals surface area (Å²) >= 11 is 0. The highest BCUT2D eigenvalue weighted by Gasteiger charge is 2.34. The second kappa shape index (κ2) is 6.75. The van der Waals surface area contributed by atoms with Gasteiger partial charge in [0.05, 0.1) is 0 Å². The second-order valence-electron chi connectivity index (χ2n) is 5.61. The number of nitrogens with one attached hydrogen (secondary N) is 1. The smallest absolute Gasteiger partial charge is 0.317 e. The van der Waals surface area contributed by atoms with Gasteiger partial charge in [0.15, 0.2) is 0 Å². The van der Waals surface area contributed by atoms with Crippen molar-refractivity contribution in [2.45, 2.75) is 38.3 Å². The van der Waals surface area contributed by atoms with Crippen molar-refractivity contribution in [3.05, 3.63) is 11.6 Å². The van der Waals surface area contributed by atoms with Crippen LogP contribution in [-0.4, -0.2) is 43.8 Å². The van der Waals surface area contributed by atoms with Crippen molar-refractivity contribution in [2.75, 3.05) is 32.7 Å². The van der Waals surface area contributed by atoms with E-state index in [2.05, 4.69) is 10.2 Å². The van der Waals surface area contributed by atoms with Crippen LogP contribution in [0.1, 0.15) is 32.1 Å². The minimum atomic E-state index is -4.12. The van der Waals surface area contributed by atoms with Gasteiger partial charge in [0.2, 0.25) is 0 Å². The lowest BCUT2D eigenvalue weighted by molar-refractivity contribution is -0.0960. The zero-order valence-electron chi connectivity index (χ0n) is 11.3. The van der Waals surface area contributed by atoms with Crippen LogP contribution in [0.4, 0.5) is 13.2 Å². The lowest BCUT2D eigenvalue weighted by Crippen LogP contribution is -2.33. The van der Waals surface area contributed by atoms with Gasteiger partial charge in [0.25, 0.3) is 0 Å². The summed E-state index contributed by atoms with van der Waals surface area (Å²) in [5.74, 6) is 0.812. The summed E-state index contributed by atoms with van der Waals surface area (Å²) in [5, 5.41) is 3.35. The highest BCUT2D eigenvalue weighted by Crippen LogP contribution is 2.30. The Morgan fingerprint density at radius 1 is 1.26 bits per heavy atom. The first-order valence-electron chi connectivity index (χ1n) is 7.25. The molecule has 0 aromatic carbocycles. The molecule has 1 fully saturated rings. The zero-order valence-corrected chi connectivity index (χ0v) is 11.3. The molecule has 0 radical (unpaired) electrons. The molecule has 2 heterocycles. The molecule has 0 saturated carbocycles. The maximum Gasteiger partial charge on any atom is 0.412 e. The van der Waals surface area contributed by atoms with Gasteiger partial charge in [0.1, 0.15) is 0 Å². The van der Waals surface area contributed by atoms with Gasteiger partial charge in [-0.3, -0.25) is 4.90 Å². The van der Waals surface area contributed by atoms with E-state index in [9.17, 15) is 13.2 Å². The molecule has 110 valence electrons. The molecule has 5 heteroatoms. The van der Waals surface area contributed by atoms with Crippen molar-refractivity contribution >= 4 is 0 Å². The topological polar surface area (TPSA) is 15.3 Å². The summed E-state index contributed by atoms with van der Waals surface area (Å²) < 4.78 is 37.4. The van der Waals surface area contributed by atoms with E-state index in [1.54, 1.807) is 0 Å². The van der Waals surface area contributed by atoms with Gasteiger partial charge in [0, 0.05) is 18.7 Å². The Labute approximate surface area is 113 Å². The summed E-state index contributed by atoms with van der Waals surface area (Å²) in [5.41, 5.74) is -0.345. The zero-order chi connectivity index (χ0) is 13.7. The minimum Gasteiger partial charge on any atom is -0.317 e. The van der Waals surface area contributed by atoms with Gasteiger partial charge in [-0.15, -0.1) is 0 Å². The lowest BCUT2D eigenvalue weighted by atomic mass is 9.93. The monoisotopic (exact) mass is 276 g/mol. The molecule has 0 atom stereocenters. The van der Waals surface area contributed by atoms with Crippen LogP contribution in [0.5, 0.6) is 0 Å². The van der Waals surface area contributed by atoms with Gasteiger partial charge < -0.3 is 5.32 Å². The van der Waals surface area contributed by atoms with Crippen molar-refractivity contribution in [1.82, 2.24) is 10.2 Å². The first kappa shape index (κ1) is 14.9. The number of alkyl halides is 3. The molecule has 2 nitrogen and oxygen atoms in total. The van der Waals surface area contributed by atoms with Crippen LogP contribution in [0.15, 0.2) is 11.6 Å². The molecule has 0 bridgehead atoms. The molecular weight excluding hydrogens is 253 g/mol. The number of hydrogen-bond acceptors (Lipinski definition) is 2. The van der Waals surface area contributed by atoms with E-state index in [0.29, 0.717) is 13.1 Å². The average molecular weight is 276 g/mol. The van der Waals surface area contributed by atoms with E-state index in [1.807, 2.05) is 0 Å². The third kappa shape index (κ3) is 4.80. The molecule has 0 aromatic rings. The first-order chi connectivity index (χ1) is 9.05. The van der Waals surface area contributed by atoms with E-state index in [4.69, 9.17) is 0 Å². The molecule has 0 unspecified atom stereocenters. The van der Waals surface area contributed by atoms with Gasteiger partial charge in [-0.2, -0.15) is 13.2 Å². The second-order valence-corrected chi connectivity index (χ2v) is 5.61. The van der Waals surface area contributed by atoms with Crippen LogP contribution in [0.25, 0.3) is 0 Å². The fourth-order valence-electron chi connectivity index (χ4n) is 2.95. The van der Waals surface area contributed by atoms with Crippen LogP contribution >= 0.6 is 0 Å². The normalized spacial score (nSPS) is 23.4. The molecule has 2 aliphatic rings. The predicted molar refractivity (Wildman–Crippen MR) is 70.0 cm³/mol. The standard InChI is InChI=1S/C14H23F3N2/c15-14(16,17)13-5-10-19(11-6-13)9-1-2-12-3-7-18-8-4-12/h5,12,18H,1-4,6-11H2. The molecule has 0 aromatic heterocycles. The maximum atomic E-state index is 12.5. The maximum absolute atomic E-state index is 12.5. The van der Waals surface area contributed by atoms with Gasteiger partial charge in [-0.1, -0.05) is 6.08 Å². The van der Waals surface area contributed by atoms with E-state index >= 15 is 0 Å². The summed E-state index contributed by atoms with van der Waals surface area (Å²) in [7, 11) is 0. The van der Waals surface area contributed by atoms with E-state index in [0.717, 1.165) is 32.0 Å². The van der Waals surface area contributed by atoms with E-state index in [-0.39, 0.29) is 12.0 Å².